The first kappa shape index (κ1) is 45.3. The minimum atomic E-state index is -1.17. The van der Waals surface area contributed by atoms with E-state index in [1.807, 2.05) is 30.3 Å². The van der Waals surface area contributed by atoms with Crippen molar-refractivity contribution < 1.29 is 37.8 Å². The molecular weight excluding hydrogens is 894 g/mol. The van der Waals surface area contributed by atoms with Crippen LogP contribution in [-0.4, -0.2) is 120 Å². The van der Waals surface area contributed by atoms with Crippen LogP contribution in [-0.2, 0) is 25.7 Å². The standard InChI is InChI=1S/C53H56FN9O7/c1-69-47-26-40-43(55-20-15-46(40)70-38-11-9-35(10-12-38)58-52(68)53(18-19-53)51(67)57-34-7-5-33(54)6-8-34)27-45(47)60-22-16-32(17-23-60)28-62-30-36-25-37(62)29-61(36)24-21-56-42-4-2-3-39-41(42)31-63(50(39)66)44-13-14-48(64)59-49(44)65/h2-12,15,20,26-27,32,36-37,44,56H,13-14,16-19,21-25,28-31H2,1H3,(H,57,67)(H,58,68)(H,59,64,65)/t36-,37-,44?/m0/s1. The van der Waals surface area contributed by atoms with Gasteiger partial charge in [0.25, 0.3) is 5.91 Å². The molecule has 1 aliphatic carbocycles. The topological polar surface area (TPSA) is 178 Å². The van der Waals surface area contributed by atoms with E-state index < -0.39 is 29.1 Å². The predicted molar refractivity (Wildman–Crippen MR) is 261 cm³/mol. The third-order valence-corrected chi connectivity index (χ3v) is 15.3. The summed E-state index contributed by atoms with van der Waals surface area (Å²) in [6, 6.07) is 24.5. The van der Waals surface area contributed by atoms with Crippen LogP contribution in [0.5, 0.6) is 17.2 Å². The number of benzene rings is 4. The third-order valence-electron chi connectivity index (χ3n) is 15.3. The van der Waals surface area contributed by atoms with Gasteiger partial charge in [0.1, 0.15) is 34.5 Å². The van der Waals surface area contributed by atoms with Gasteiger partial charge in [-0.15, -0.1) is 0 Å². The SMILES string of the molecule is COc1cc2c(Oc3ccc(NC(=O)C4(C(=O)Nc5ccc(F)cc5)CC4)cc3)ccnc2cc1N1CCC(CN2C[C@@H]3C[C@H]2CN3CCNc2cccc3c2CN(C2CCC(=O)NC2=O)C3=O)CC1. The van der Waals surface area contributed by atoms with Crippen molar-refractivity contribution in [2.45, 2.75) is 69.6 Å². The maximum Gasteiger partial charge on any atom is 0.255 e. The van der Waals surface area contributed by atoms with E-state index in [2.05, 4.69) is 42.0 Å². The fourth-order valence-corrected chi connectivity index (χ4v) is 11.2. The number of nitrogens with zero attached hydrogens (tertiary/aromatic N) is 5. The fourth-order valence-electron chi connectivity index (χ4n) is 11.2. The number of carbonyl (C=O) groups excluding carboxylic acids is 5. The van der Waals surface area contributed by atoms with Gasteiger partial charge >= 0.3 is 0 Å². The number of aromatic nitrogens is 1. The molecule has 5 aliphatic heterocycles. The first-order valence-corrected chi connectivity index (χ1v) is 24.4. The number of ether oxygens (including phenoxy) is 2. The van der Waals surface area contributed by atoms with Gasteiger partial charge in [-0.2, -0.15) is 0 Å². The van der Waals surface area contributed by atoms with E-state index >= 15 is 0 Å². The van der Waals surface area contributed by atoms with Crippen LogP contribution in [0.15, 0.2) is 91.1 Å². The second-order valence-electron chi connectivity index (χ2n) is 19.6. The molecule has 3 atom stereocenters. The first-order valence-electron chi connectivity index (χ1n) is 24.4. The van der Waals surface area contributed by atoms with Gasteiger partial charge in [0, 0.05) is 111 Å². The molecule has 1 aromatic heterocycles. The number of pyridine rings is 1. The lowest BCUT2D eigenvalue weighted by atomic mass is 9.95. The van der Waals surface area contributed by atoms with Gasteiger partial charge in [0.2, 0.25) is 23.6 Å². The van der Waals surface area contributed by atoms with Crippen LogP contribution in [0, 0.1) is 17.2 Å². The van der Waals surface area contributed by atoms with Crippen molar-refractivity contribution in [1.29, 1.82) is 0 Å². The molecule has 5 aromatic rings. The molecule has 6 aliphatic rings. The number of amides is 5. The van der Waals surface area contributed by atoms with Crippen LogP contribution in [0.2, 0.25) is 0 Å². The normalized spacial score (nSPS) is 22.0. The van der Waals surface area contributed by atoms with Gasteiger partial charge in [0.15, 0.2) is 0 Å². The van der Waals surface area contributed by atoms with Crippen LogP contribution >= 0.6 is 0 Å². The van der Waals surface area contributed by atoms with E-state index in [1.165, 1.54) is 30.7 Å². The van der Waals surface area contributed by atoms with E-state index in [0.29, 0.717) is 72.2 Å². The predicted octanol–water partition coefficient (Wildman–Crippen LogP) is 6.38. The van der Waals surface area contributed by atoms with Crippen molar-refractivity contribution in [1.82, 2.24) is 25.0 Å². The molecule has 4 N–H and O–H groups in total. The summed E-state index contributed by atoms with van der Waals surface area (Å²) in [5, 5.41) is 12.4. The molecule has 1 saturated carbocycles. The highest BCUT2D eigenvalue weighted by atomic mass is 19.1. The number of nitrogens with one attached hydrogen (secondary N) is 4. The Bertz CT molecular complexity index is 2870. The Morgan fingerprint density at radius 3 is 2.26 bits per heavy atom. The second kappa shape index (κ2) is 18.7. The van der Waals surface area contributed by atoms with Crippen LogP contribution < -0.4 is 35.6 Å². The average molecular weight is 950 g/mol. The molecule has 362 valence electrons. The molecule has 0 spiro atoms. The summed E-state index contributed by atoms with van der Waals surface area (Å²) >= 11 is 0. The Balaban J connectivity index is 0.647. The molecule has 1 unspecified atom stereocenters. The number of likely N-dealkylation sites (tertiary alicyclic amines) is 2. The summed E-state index contributed by atoms with van der Waals surface area (Å²) in [5.74, 6) is 0.497. The molecule has 4 saturated heterocycles. The van der Waals surface area contributed by atoms with E-state index in [4.69, 9.17) is 14.5 Å². The maximum atomic E-state index is 13.3. The molecule has 2 bridgehead atoms. The lowest BCUT2D eigenvalue weighted by Crippen LogP contribution is -2.52. The summed E-state index contributed by atoms with van der Waals surface area (Å²) in [6.07, 6.45) is 6.54. The zero-order valence-electron chi connectivity index (χ0n) is 39.0. The summed E-state index contributed by atoms with van der Waals surface area (Å²) in [4.78, 5) is 77.9. The fraction of sp³-hybridized carbons (Fsp3) is 0.396. The number of hydrogen-bond acceptors (Lipinski definition) is 12. The number of piperidine rings is 2. The first-order chi connectivity index (χ1) is 34.0. The summed E-state index contributed by atoms with van der Waals surface area (Å²) in [7, 11) is 1.69. The largest absolute Gasteiger partial charge is 0.495 e. The van der Waals surface area contributed by atoms with Crippen molar-refractivity contribution in [3.05, 3.63) is 108 Å². The minimum Gasteiger partial charge on any atom is -0.495 e. The molecule has 4 aromatic carbocycles. The van der Waals surface area contributed by atoms with Crippen LogP contribution in [0.4, 0.5) is 27.1 Å². The molecule has 11 rings (SSSR count). The summed E-state index contributed by atoms with van der Waals surface area (Å²) in [5.41, 5.74) is 4.07. The minimum absolute atomic E-state index is 0.157. The van der Waals surface area contributed by atoms with Gasteiger partial charge in [-0.25, -0.2) is 4.39 Å². The Hall–Kier alpha value is -7.11. The number of halogens is 1. The Kier molecular flexibility index (Phi) is 12.1. The average Bonchev–Trinajstić information content (AvgIpc) is 3.82. The Labute approximate surface area is 404 Å². The van der Waals surface area contributed by atoms with E-state index in [9.17, 15) is 28.4 Å². The highest BCUT2D eigenvalue weighted by molar-refractivity contribution is 6.17. The van der Waals surface area contributed by atoms with Crippen molar-refractivity contribution in [2.24, 2.45) is 11.3 Å². The van der Waals surface area contributed by atoms with E-state index in [-0.39, 0.29) is 24.1 Å². The number of anilines is 4. The molecular formula is C53H56FN9O7. The van der Waals surface area contributed by atoms with Gasteiger partial charge in [-0.1, -0.05) is 6.07 Å². The molecule has 70 heavy (non-hydrogen) atoms. The molecule has 0 radical (unpaired) electrons. The molecule has 6 heterocycles. The number of rotatable bonds is 15. The number of imide groups is 1. The number of hydrogen-bond donors (Lipinski definition) is 4. The van der Waals surface area contributed by atoms with Gasteiger partial charge in [0.05, 0.1) is 18.3 Å². The zero-order chi connectivity index (χ0) is 48.1. The number of fused-ring (bicyclic) bond motifs is 4. The van der Waals surface area contributed by atoms with Crippen molar-refractivity contribution in [2.75, 3.05) is 73.8 Å². The number of piperazine rings is 1. The van der Waals surface area contributed by atoms with E-state index in [1.54, 1.807) is 42.5 Å². The van der Waals surface area contributed by atoms with Crippen molar-refractivity contribution in [3.8, 4) is 17.2 Å². The van der Waals surface area contributed by atoms with Crippen molar-refractivity contribution >= 4 is 63.2 Å². The number of methoxy groups -OCH3 is 1. The molecule has 5 fully saturated rings. The molecule has 17 heteroatoms. The van der Waals surface area contributed by atoms with Crippen LogP contribution in [0.3, 0.4) is 0 Å². The highest BCUT2D eigenvalue weighted by Gasteiger charge is 2.56. The van der Waals surface area contributed by atoms with E-state index in [0.717, 1.165) is 92.2 Å². The van der Waals surface area contributed by atoms with Crippen LogP contribution in [0.1, 0.15) is 60.9 Å². The maximum absolute atomic E-state index is 13.3. The lowest BCUT2D eigenvalue weighted by molar-refractivity contribution is -0.137. The highest BCUT2D eigenvalue weighted by Crippen LogP contribution is 2.48. The third kappa shape index (κ3) is 8.87. The number of carbonyl (C=O) groups is 5. The Morgan fingerprint density at radius 1 is 0.857 bits per heavy atom. The van der Waals surface area contributed by atoms with Crippen molar-refractivity contribution in [3.63, 3.8) is 0 Å². The van der Waals surface area contributed by atoms with Gasteiger partial charge in [-0.3, -0.25) is 44.1 Å². The summed E-state index contributed by atoms with van der Waals surface area (Å²) in [6.45, 7) is 7.12. The summed E-state index contributed by atoms with van der Waals surface area (Å²) < 4.78 is 25.7. The van der Waals surface area contributed by atoms with Gasteiger partial charge in [-0.05, 0) is 123 Å². The zero-order valence-corrected chi connectivity index (χ0v) is 39.0. The molecule has 5 amide bonds. The smallest absolute Gasteiger partial charge is 0.255 e. The lowest BCUT2D eigenvalue weighted by Gasteiger charge is -2.39. The second-order valence-corrected chi connectivity index (χ2v) is 19.6. The monoisotopic (exact) mass is 949 g/mol. The molecule has 16 nitrogen and oxygen atoms in total. The Morgan fingerprint density at radius 2 is 1.57 bits per heavy atom. The quantitative estimate of drug-likeness (QED) is 0.0674. The van der Waals surface area contributed by atoms with Gasteiger partial charge < -0.3 is 35.2 Å². The van der Waals surface area contributed by atoms with Crippen LogP contribution in [0.25, 0.3) is 10.9 Å².